The van der Waals surface area contributed by atoms with Crippen LogP contribution in [0.25, 0.3) is 0 Å². The molecule has 2 unspecified atom stereocenters. The maximum atomic E-state index is 12.6. The highest BCUT2D eigenvalue weighted by Crippen LogP contribution is 2.66. The predicted octanol–water partition coefficient (Wildman–Crippen LogP) is 6.57. The largest absolute Gasteiger partial charge is 0.310 e. The number of carbonyl (C=O) groups excluding carboxylic acids is 1. The highest BCUT2D eigenvalue weighted by Gasteiger charge is 2.67. The Kier molecular flexibility index (Phi) is 4.69. The van der Waals surface area contributed by atoms with Crippen LogP contribution >= 0.6 is 11.6 Å². The maximum absolute atomic E-state index is 12.6. The third-order valence-corrected chi connectivity index (χ3v) is 9.88. The molecule has 3 aliphatic carbocycles. The summed E-state index contributed by atoms with van der Waals surface area (Å²) in [6.07, 6.45) is 10.2. The number of halogens is 1. The van der Waals surface area contributed by atoms with Crippen molar-refractivity contribution in [2.75, 3.05) is 7.05 Å². The first-order valence-electron chi connectivity index (χ1n) is 11.7. The molecule has 0 amide bonds. The molecule has 4 heteroatoms. The lowest BCUT2D eigenvalue weighted by Crippen LogP contribution is -2.69. The molecule has 0 aromatic heterocycles. The molecule has 3 fully saturated rings. The fraction of sp³-hybridized carbons (Fsp3) is 0.654. The van der Waals surface area contributed by atoms with Crippen molar-refractivity contribution >= 4 is 17.4 Å². The van der Waals surface area contributed by atoms with Crippen LogP contribution in [-0.2, 0) is 4.79 Å². The SMILES string of the molecule is CC1[C@H]2[C@@H]3CCC[C@@]3(C)CC[C@@H]2[C@@]2(C)CCC(=O)C=C2[N+]1(C)Oc1ccc(Cl)cc1. The number of likely N-dealkylation sites (tertiary alicyclic amines) is 1. The molecule has 4 aliphatic rings. The molecule has 0 bridgehead atoms. The summed E-state index contributed by atoms with van der Waals surface area (Å²) < 4.78 is 0.387. The highest BCUT2D eigenvalue weighted by molar-refractivity contribution is 6.30. The number of quaternary nitrogens is 1. The third kappa shape index (κ3) is 2.84. The molecule has 7 atom stereocenters. The molecule has 1 aliphatic heterocycles. The number of nitrogens with zero attached hydrogens (tertiary/aromatic N) is 1. The van der Waals surface area contributed by atoms with E-state index < -0.39 is 0 Å². The molecule has 3 nitrogen and oxygen atoms in total. The lowest BCUT2D eigenvalue weighted by atomic mass is 9.49. The summed E-state index contributed by atoms with van der Waals surface area (Å²) in [7, 11) is 2.19. The molecule has 162 valence electrons. The molecule has 1 saturated heterocycles. The van der Waals surface area contributed by atoms with Crippen LogP contribution in [-0.4, -0.2) is 23.5 Å². The van der Waals surface area contributed by atoms with Gasteiger partial charge in [0.2, 0.25) is 0 Å². The Labute approximate surface area is 186 Å². The van der Waals surface area contributed by atoms with Crippen LogP contribution in [0.3, 0.4) is 0 Å². The van der Waals surface area contributed by atoms with Crippen LogP contribution in [0.4, 0.5) is 0 Å². The molecule has 1 aromatic carbocycles. The number of allylic oxidation sites excluding steroid dienone is 2. The number of benzene rings is 1. The summed E-state index contributed by atoms with van der Waals surface area (Å²) in [5.41, 5.74) is 1.68. The molecule has 0 spiro atoms. The lowest BCUT2D eigenvalue weighted by molar-refractivity contribution is -1.06. The Hall–Kier alpha value is -1.32. The maximum Gasteiger partial charge on any atom is 0.190 e. The van der Waals surface area contributed by atoms with Gasteiger partial charge in [-0.15, -0.1) is 4.65 Å². The van der Waals surface area contributed by atoms with Gasteiger partial charge in [0.1, 0.15) is 13.1 Å². The second-order valence-corrected chi connectivity index (χ2v) is 11.5. The summed E-state index contributed by atoms with van der Waals surface area (Å²) in [5, 5.41) is 0.711. The van der Waals surface area contributed by atoms with Crippen molar-refractivity contribution < 1.29 is 14.3 Å². The van der Waals surface area contributed by atoms with E-state index in [9.17, 15) is 4.79 Å². The lowest BCUT2D eigenvalue weighted by Gasteiger charge is -2.62. The number of hydroxylamine groups is 3. The molecular weight excluding hydrogens is 394 g/mol. The minimum atomic E-state index is 0.0240. The van der Waals surface area contributed by atoms with Gasteiger partial charge in [0.25, 0.3) is 0 Å². The summed E-state index contributed by atoms with van der Waals surface area (Å²) in [5.74, 6) is 3.09. The van der Waals surface area contributed by atoms with Crippen molar-refractivity contribution in [2.24, 2.45) is 28.6 Å². The van der Waals surface area contributed by atoms with Crippen molar-refractivity contribution in [3.8, 4) is 5.75 Å². The number of fused-ring (bicyclic) bond motifs is 5. The topological polar surface area (TPSA) is 26.3 Å². The number of piperidine rings is 1. The van der Waals surface area contributed by atoms with E-state index in [1.807, 2.05) is 30.3 Å². The quantitative estimate of drug-likeness (QED) is 0.498. The van der Waals surface area contributed by atoms with E-state index in [1.165, 1.54) is 37.8 Å². The van der Waals surface area contributed by atoms with E-state index in [0.29, 0.717) is 39.4 Å². The Morgan fingerprint density at radius 3 is 2.53 bits per heavy atom. The van der Waals surface area contributed by atoms with Gasteiger partial charge in [-0.1, -0.05) is 24.9 Å². The zero-order valence-electron chi connectivity index (χ0n) is 18.8. The van der Waals surface area contributed by atoms with Gasteiger partial charge in [-0.25, -0.2) is 0 Å². The first-order chi connectivity index (χ1) is 14.2. The Morgan fingerprint density at radius 1 is 1.07 bits per heavy atom. The zero-order chi connectivity index (χ0) is 21.3. The van der Waals surface area contributed by atoms with Crippen LogP contribution in [0, 0.1) is 28.6 Å². The van der Waals surface area contributed by atoms with Crippen LogP contribution in [0.1, 0.15) is 65.7 Å². The summed E-state index contributed by atoms with van der Waals surface area (Å²) in [6.45, 7) is 7.33. The number of hydrogen-bond donors (Lipinski definition) is 0. The van der Waals surface area contributed by atoms with E-state index in [-0.39, 0.29) is 11.2 Å². The average molecular weight is 429 g/mol. The van der Waals surface area contributed by atoms with Gasteiger partial charge >= 0.3 is 0 Å². The van der Waals surface area contributed by atoms with Crippen LogP contribution in [0.5, 0.6) is 5.75 Å². The standard InChI is InChI=1S/C26H35ClNO2/c1-17-24-21-6-5-13-25(21,2)14-12-22(24)26(3)15-11-19(29)16-23(26)28(17,4)30-20-9-7-18(27)8-10-20/h7-10,16-17,21-22,24H,5-6,11-15H2,1-4H3/q+1/t17?,21-,22-,24-,25-,26+,28?/m0/s1. The van der Waals surface area contributed by atoms with E-state index >= 15 is 0 Å². The monoisotopic (exact) mass is 428 g/mol. The van der Waals surface area contributed by atoms with E-state index in [4.69, 9.17) is 16.4 Å². The molecule has 30 heavy (non-hydrogen) atoms. The smallest absolute Gasteiger partial charge is 0.190 e. The summed E-state index contributed by atoms with van der Waals surface area (Å²) >= 11 is 6.12. The van der Waals surface area contributed by atoms with Gasteiger partial charge in [0, 0.05) is 28.9 Å². The molecule has 1 heterocycles. The predicted molar refractivity (Wildman–Crippen MR) is 120 cm³/mol. The van der Waals surface area contributed by atoms with Crippen molar-refractivity contribution in [3.63, 3.8) is 0 Å². The van der Waals surface area contributed by atoms with Gasteiger partial charge in [-0.3, -0.25) is 4.79 Å². The molecule has 1 aromatic rings. The van der Waals surface area contributed by atoms with E-state index in [2.05, 4.69) is 27.8 Å². The van der Waals surface area contributed by atoms with Crippen molar-refractivity contribution in [1.29, 1.82) is 0 Å². The summed E-state index contributed by atoms with van der Waals surface area (Å²) in [6, 6.07) is 7.98. The van der Waals surface area contributed by atoms with Crippen LogP contribution in [0.15, 0.2) is 36.0 Å². The molecule has 5 rings (SSSR count). The minimum Gasteiger partial charge on any atom is -0.310 e. The summed E-state index contributed by atoms with van der Waals surface area (Å²) in [4.78, 5) is 19.4. The number of rotatable bonds is 2. The molecule has 2 saturated carbocycles. The Morgan fingerprint density at radius 2 is 1.80 bits per heavy atom. The second kappa shape index (κ2) is 6.84. The van der Waals surface area contributed by atoms with Gasteiger partial charge in [-0.05, 0) is 87.5 Å². The normalized spacial score (nSPS) is 45.2. The molecular formula is C26H35ClNO2+. The minimum absolute atomic E-state index is 0.0240. The molecule has 0 radical (unpaired) electrons. The molecule has 0 N–H and O–H groups in total. The van der Waals surface area contributed by atoms with Gasteiger partial charge in [-0.2, -0.15) is 0 Å². The number of carbonyl (C=O) groups is 1. The van der Waals surface area contributed by atoms with Crippen molar-refractivity contribution in [3.05, 3.63) is 41.1 Å². The Bertz CT molecular complexity index is 895. The highest BCUT2D eigenvalue weighted by atomic mass is 35.5. The first-order valence-corrected chi connectivity index (χ1v) is 12.1. The Balaban J connectivity index is 1.63. The van der Waals surface area contributed by atoms with Crippen molar-refractivity contribution in [2.45, 2.75) is 71.8 Å². The number of hydrogen-bond acceptors (Lipinski definition) is 2. The van der Waals surface area contributed by atoms with E-state index in [0.717, 1.165) is 18.1 Å². The average Bonchev–Trinajstić information content (AvgIpc) is 3.11. The van der Waals surface area contributed by atoms with Crippen molar-refractivity contribution in [1.82, 2.24) is 0 Å². The fourth-order valence-electron chi connectivity index (χ4n) is 7.91. The van der Waals surface area contributed by atoms with Gasteiger partial charge in [0.05, 0.1) is 0 Å². The third-order valence-electron chi connectivity index (χ3n) is 9.63. The zero-order valence-corrected chi connectivity index (χ0v) is 19.5. The second-order valence-electron chi connectivity index (χ2n) is 11.1. The number of ketones is 1. The van der Waals surface area contributed by atoms with Crippen LogP contribution < -0.4 is 4.84 Å². The van der Waals surface area contributed by atoms with Crippen LogP contribution in [0.2, 0.25) is 5.02 Å². The van der Waals surface area contributed by atoms with Gasteiger partial charge in [0.15, 0.2) is 17.2 Å². The van der Waals surface area contributed by atoms with E-state index in [1.54, 1.807) is 0 Å². The fourth-order valence-corrected chi connectivity index (χ4v) is 8.03. The first kappa shape index (κ1) is 20.6. The van der Waals surface area contributed by atoms with Gasteiger partial charge < -0.3 is 4.84 Å².